The lowest BCUT2D eigenvalue weighted by Gasteiger charge is -2.19. The third-order valence-corrected chi connectivity index (χ3v) is 4.74. The molecular formula is C24H26O2. The Kier molecular flexibility index (Phi) is 5.72. The standard InChI is InChI=1S/C24H26O2/c1-17(2)7-6-8-18(3)13-14-26-21-11-12-23-20(16-21)15-19-9-4-5-10-22(19)24(23)25/h4-5,7,9-13,16H,6,8,14-15H2,1-3H3. The SMILES string of the molecule is CC(C)=CCCC(C)=CCOc1ccc2c(c1)Cc1ccccc1C2=O. The number of fused-ring (bicyclic) bond motifs is 2. The first kappa shape index (κ1) is 18.2. The zero-order chi connectivity index (χ0) is 18.5. The molecule has 2 nitrogen and oxygen atoms in total. The number of carbonyl (C=O) groups excluding carboxylic acids is 1. The van der Waals surface area contributed by atoms with Crippen LogP contribution in [-0.4, -0.2) is 12.4 Å². The number of benzene rings is 2. The maximum Gasteiger partial charge on any atom is 0.193 e. The number of ketones is 1. The third kappa shape index (κ3) is 4.32. The number of allylic oxidation sites excluding steroid dienone is 3. The van der Waals surface area contributed by atoms with Crippen LogP contribution in [0.4, 0.5) is 0 Å². The predicted molar refractivity (Wildman–Crippen MR) is 107 cm³/mol. The summed E-state index contributed by atoms with van der Waals surface area (Å²) in [5, 5.41) is 0. The van der Waals surface area contributed by atoms with Crippen molar-refractivity contribution in [1.82, 2.24) is 0 Å². The Morgan fingerprint density at radius 1 is 1.00 bits per heavy atom. The van der Waals surface area contributed by atoms with E-state index in [9.17, 15) is 4.79 Å². The molecule has 2 aromatic carbocycles. The Balaban J connectivity index is 1.64. The van der Waals surface area contributed by atoms with Crippen molar-refractivity contribution in [3.05, 3.63) is 88.0 Å². The van der Waals surface area contributed by atoms with Gasteiger partial charge in [0.15, 0.2) is 5.78 Å². The van der Waals surface area contributed by atoms with E-state index in [0.717, 1.165) is 47.3 Å². The first-order chi connectivity index (χ1) is 12.5. The second-order valence-corrected chi connectivity index (χ2v) is 7.16. The molecule has 0 N–H and O–H groups in total. The fourth-order valence-electron chi connectivity index (χ4n) is 3.24. The average molecular weight is 346 g/mol. The van der Waals surface area contributed by atoms with Gasteiger partial charge in [-0.2, -0.15) is 0 Å². The van der Waals surface area contributed by atoms with Crippen molar-refractivity contribution in [3.63, 3.8) is 0 Å². The quantitative estimate of drug-likeness (QED) is 0.520. The molecule has 0 heterocycles. The van der Waals surface area contributed by atoms with Gasteiger partial charge in [0.1, 0.15) is 12.4 Å². The molecule has 0 saturated carbocycles. The van der Waals surface area contributed by atoms with Crippen molar-refractivity contribution >= 4 is 5.78 Å². The number of carbonyl (C=O) groups is 1. The molecule has 0 spiro atoms. The van der Waals surface area contributed by atoms with Gasteiger partial charge >= 0.3 is 0 Å². The Labute approximate surface area is 156 Å². The minimum absolute atomic E-state index is 0.114. The lowest BCUT2D eigenvalue weighted by molar-refractivity contribution is 0.103. The van der Waals surface area contributed by atoms with E-state index in [2.05, 4.69) is 32.9 Å². The lowest BCUT2D eigenvalue weighted by atomic mass is 9.85. The summed E-state index contributed by atoms with van der Waals surface area (Å²) in [6.07, 6.45) is 7.32. The molecule has 0 aliphatic heterocycles. The van der Waals surface area contributed by atoms with Crippen LogP contribution in [0.2, 0.25) is 0 Å². The highest BCUT2D eigenvalue weighted by Crippen LogP contribution is 2.29. The van der Waals surface area contributed by atoms with Gasteiger partial charge in [0.25, 0.3) is 0 Å². The summed E-state index contributed by atoms with van der Waals surface area (Å²) in [5.41, 5.74) is 6.46. The Morgan fingerprint density at radius 3 is 2.58 bits per heavy atom. The van der Waals surface area contributed by atoms with Gasteiger partial charge in [-0.15, -0.1) is 0 Å². The van der Waals surface area contributed by atoms with E-state index in [-0.39, 0.29) is 5.78 Å². The van der Waals surface area contributed by atoms with Crippen molar-refractivity contribution < 1.29 is 9.53 Å². The summed E-state index contributed by atoms with van der Waals surface area (Å²) in [6.45, 7) is 6.96. The van der Waals surface area contributed by atoms with E-state index in [1.165, 1.54) is 11.1 Å². The van der Waals surface area contributed by atoms with Crippen molar-refractivity contribution in [2.75, 3.05) is 6.61 Å². The zero-order valence-corrected chi connectivity index (χ0v) is 15.8. The lowest BCUT2D eigenvalue weighted by Crippen LogP contribution is -2.15. The van der Waals surface area contributed by atoms with E-state index in [1.807, 2.05) is 42.5 Å². The summed E-state index contributed by atoms with van der Waals surface area (Å²) in [6, 6.07) is 13.7. The molecule has 0 unspecified atom stereocenters. The molecule has 0 aromatic heterocycles. The van der Waals surface area contributed by atoms with Gasteiger partial charge in [-0.1, -0.05) is 41.5 Å². The highest BCUT2D eigenvalue weighted by molar-refractivity contribution is 6.12. The monoisotopic (exact) mass is 346 g/mol. The van der Waals surface area contributed by atoms with E-state index < -0.39 is 0 Å². The molecule has 2 heteroatoms. The molecule has 1 aliphatic carbocycles. The fraction of sp³-hybridized carbons (Fsp3) is 0.292. The summed E-state index contributed by atoms with van der Waals surface area (Å²) in [7, 11) is 0. The molecule has 2 aromatic rings. The van der Waals surface area contributed by atoms with Gasteiger partial charge < -0.3 is 4.74 Å². The molecule has 3 rings (SSSR count). The number of hydrogen-bond acceptors (Lipinski definition) is 2. The minimum atomic E-state index is 0.114. The molecule has 1 aliphatic rings. The normalized spacial score (nSPS) is 13.0. The van der Waals surface area contributed by atoms with E-state index in [1.54, 1.807) is 0 Å². The Bertz CT molecular complexity index is 868. The number of ether oxygens (including phenoxy) is 1. The van der Waals surface area contributed by atoms with Gasteiger partial charge in [0.2, 0.25) is 0 Å². The molecule has 0 saturated heterocycles. The van der Waals surface area contributed by atoms with Crippen LogP contribution in [-0.2, 0) is 6.42 Å². The van der Waals surface area contributed by atoms with Crippen LogP contribution < -0.4 is 4.74 Å². The molecule has 26 heavy (non-hydrogen) atoms. The molecule has 0 radical (unpaired) electrons. The maximum atomic E-state index is 12.6. The predicted octanol–water partition coefficient (Wildman–Crippen LogP) is 5.89. The van der Waals surface area contributed by atoms with E-state index in [4.69, 9.17) is 4.74 Å². The first-order valence-electron chi connectivity index (χ1n) is 9.22. The molecule has 0 amide bonds. The van der Waals surface area contributed by atoms with Crippen LogP contribution in [0.1, 0.15) is 60.7 Å². The van der Waals surface area contributed by atoms with E-state index in [0.29, 0.717) is 6.61 Å². The second-order valence-electron chi connectivity index (χ2n) is 7.16. The number of hydrogen-bond donors (Lipinski definition) is 0. The smallest absolute Gasteiger partial charge is 0.193 e. The van der Waals surface area contributed by atoms with Crippen LogP contribution in [0, 0.1) is 0 Å². The maximum absolute atomic E-state index is 12.6. The highest BCUT2D eigenvalue weighted by atomic mass is 16.5. The third-order valence-electron chi connectivity index (χ3n) is 4.74. The second kappa shape index (κ2) is 8.18. The Morgan fingerprint density at radius 2 is 1.77 bits per heavy atom. The molecular weight excluding hydrogens is 320 g/mol. The van der Waals surface area contributed by atoms with Crippen molar-refractivity contribution in [3.8, 4) is 5.75 Å². The van der Waals surface area contributed by atoms with Gasteiger partial charge in [0.05, 0.1) is 0 Å². The fourth-order valence-corrected chi connectivity index (χ4v) is 3.24. The van der Waals surface area contributed by atoms with E-state index >= 15 is 0 Å². The zero-order valence-electron chi connectivity index (χ0n) is 15.8. The molecule has 0 fully saturated rings. The summed E-state index contributed by atoms with van der Waals surface area (Å²) in [5.74, 6) is 0.938. The first-order valence-corrected chi connectivity index (χ1v) is 9.22. The van der Waals surface area contributed by atoms with Gasteiger partial charge in [-0.3, -0.25) is 4.79 Å². The van der Waals surface area contributed by atoms with Crippen LogP contribution in [0.5, 0.6) is 5.75 Å². The largest absolute Gasteiger partial charge is 0.490 e. The van der Waals surface area contributed by atoms with Crippen molar-refractivity contribution in [1.29, 1.82) is 0 Å². The summed E-state index contributed by atoms with van der Waals surface area (Å²) >= 11 is 0. The molecule has 0 bridgehead atoms. The van der Waals surface area contributed by atoms with Crippen LogP contribution in [0.3, 0.4) is 0 Å². The Hall–Kier alpha value is -2.61. The minimum Gasteiger partial charge on any atom is -0.490 e. The van der Waals surface area contributed by atoms with Crippen LogP contribution in [0.15, 0.2) is 65.8 Å². The number of rotatable bonds is 6. The molecule has 0 atom stereocenters. The van der Waals surface area contributed by atoms with Crippen molar-refractivity contribution in [2.45, 2.75) is 40.0 Å². The highest BCUT2D eigenvalue weighted by Gasteiger charge is 2.22. The van der Waals surface area contributed by atoms with Crippen LogP contribution >= 0.6 is 0 Å². The van der Waals surface area contributed by atoms with Gasteiger partial charge in [-0.05, 0) is 75.4 Å². The van der Waals surface area contributed by atoms with Gasteiger partial charge in [-0.25, -0.2) is 0 Å². The molecule has 134 valence electrons. The average Bonchev–Trinajstić information content (AvgIpc) is 2.61. The van der Waals surface area contributed by atoms with Gasteiger partial charge in [0, 0.05) is 11.1 Å². The van der Waals surface area contributed by atoms with Crippen LogP contribution in [0.25, 0.3) is 0 Å². The summed E-state index contributed by atoms with van der Waals surface area (Å²) < 4.78 is 5.89. The topological polar surface area (TPSA) is 26.3 Å². The van der Waals surface area contributed by atoms with Crippen molar-refractivity contribution in [2.24, 2.45) is 0 Å². The summed E-state index contributed by atoms with van der Waals surface area (Å²) in [4.78, 5) is 12.6.